The molecule has 1 fully saturated rings. The summed E-state index contributed by atoms with van der Waals surface area (Å²) < 4.78 is 0. The molecule has 1 saturated carbocycles. The molecular formula is C16H23N5OS. The SMILES string of the molecule is Cc1nc(C(C)N(C)C(=O)NCc2cc(C3CC3)n[nH]2)c(C)s1. The van der Waals surface area contributed by atoms with Crippen LogP contribution in [0.3, 0.4) is 0 Å². The Morgan fingerprint density at radius 2 is 2.26 bits per heavy atom. The molecule has 0 radical (unpaired) electrons. The van der Waals surface area contributed by atoms with Crippen LogP contribution in [0.2, 0.25) is 0 Å². The van der Waals surface area contributed by atoms with E-state index in [1.165, 1.54) is 12.8 Å². The van der Waals surface area contributed by atoms with Gasteiger partial charge in [0.25, 0.3) is 0 Å². The van der Waals surface area contributed by atoms with Gasteiger partial charge in [0.15, 0.2) is 0 Å². The molecule has 2 heterocycles. The third kappa shape index (κ3) is 3.55. The number of carbonyl (C=O) groups excluding carboxylic acids is 1. The number of nitrogens with zero attached hydrogens (tertiary/aromatic N) is 3. The topological polar surface area (TPSA) is 73.9 Å². The van der Waals surface area contributed by atoms with Gasteiger partial charge in [-0.2, -0.15) is 5.10 Å². The van der Waals surface area contributed by atoms with Crippen LogP contribution < -0.4 is 5.32 Å². The quantitative estimate of drug-likeness (QED) is 0.882. The molecule has 1 aliphatic carbocycles. The summed E-state index contributed by atoms with van der Waals surface area (Å²) in [6.45, 7) is 6.50. The van der Waals surface area contributed by atoms with Gasteiger partial charge in [-0.25, -0.2) is 9.78 Å². The molecule has 124 valence electrons. The predicted molar refractivity (Wildman–Crippen MR) is 90.6 cm³/mol. The second-order valence-electron chi connectivity index (χ2n) is 6.21. The molecule has 0 aliphatic heterocycles. The summed E-state index contributed by atoms with van der Waals surface area (Å²) in [4.78, 5) is 19.8. The average molecular weight is 333 g/mol. The standard InChI is InChI=1S/C16H23N5OS/c1-9(15-10(2)23-11(3)18-15)21(4)16(22)17-8-13-7-14(20-19-13)12-5-6-12/h7,9,12H,5-6,8H2,1-4H3,(H,17,22)(H,19,20). The van der Waals surface area contributed by atoms with Crippen molar-refractivity contribution >= 4 is 17.4 Å². The highest BCUT2D eigenvalue weighted by molar-refractivity contribution is 7.11. The highest BCUT2D eigenvalue weighted by Crippen LogP contribution is 2.38. The zero-order valence-electron chi connectivity index (χ0n) is 14.0. The lowest BCUT2D eigenvalue weighted by atomic mass is 10.2. The molecule has 23 heavy (non-hydrogen) atoms. The molecule has 2 amide bonds. The maximum Gasteiger partial charge on any atom is 0.318 e. The van der Waals surface area contributed by atoms with E-state index in [9.17, 15) is 4.79 Å². The smallest absolute Gasteiger partial charge is 0.318 e. The third-order valence-electron chi connectivity index (χ3n) is 4.31. The molecular weight excluding hydrogens is 310 g/mol. The fourth-order valence-electron chi connectivity index (χ4n) is 2.65. The van der Waals surface area contributed by atoms with E-state index in [0.29, 0.717) is 12.5 Å². The van der Waals surface area contributed by atoms with Gasteiger partial charge in [0.2, 0.25) is 0 Å². The van der Waals surface area contributed by atoms with Crippen LogP contribution >= 0.6 is 11.3 Å². The van der Waals surface area contributed by atoms with Crippen molar-refractivity contribution in [1.29, 1.82) is 0 Å². The van der Waals surface area contributed by atoms with Crippen LogP contribution in [0.4, 0.5) is 4.79 Å². The van der Waals surface area contributed by atoms with Crippen LogP contribution in [0.25, 0.3) is 0 Å². The Bertz CT molecular complexity index is 703. The summed E-state index contributed by atoms with van der Waals surface area (Å²) in [6.07, 6.45) is 2.45. The van der Waals surface area contributed by atoms with Crippen molar-refractivity contribution in [3.63, 3.8) is 0 Å². The number of rotatable bonds is 5. The van der Waals surface area contributed by atoms with Crippen molar-refractivity contribution < 1.29 is 4.79 Å². The maximum absolute atomic E-state index is 12.4. The van der Waals surface area contributed by atoms with Gasteiger partial charge >= 0.3 is 6.03 Å². The molecule has 2 aromatic heterocycles. The molecule has 3 rings (SSSR count). The fourth-order valence-corrected chi connectivity index (χ4v) is 3.55. The number of urea groups is 1. The fraction of sp³-hybridized carbons (Fsp3) is 0.562. The number of nitrogens with one attached hydrogen (secondary N) is 2. The van der Waals surface area contributed by atoms with Crippen molar-refractivity contribution in [2.75, 3.05) is 7.05 Å². The zero-order valence-corrected chi connectivity index (χ0v) is 14.8. The Labute approximate surface area is 140 Å². The van der Waals surface area contributed by atoms with Crippen LogP contribution in [-0.4, -0.2) is 33.2 Å². The van der Waals surface area contributed by atoms with Crippen LogP contribution in [0.5, 0.6) is 0 Å². The van der Waals surface area contributed by atoms with Crippen molar-refractivity contribution in [2.45, 2.75) is 52.1 Å². The summed E-state index contributed by atoms with van der Waals surface area (Å²) >= 11 is 1.67. The average Bonchev–Trinajstić information content (AvgIpc) is 3.17. The van der Waals surface area contributed by atoms with E-state index < -0.39 is 0 Å². The van der Waals surface area contributed by atoms with E-state index >= 15 is 0 Å². The van der Waals surface area contributed by atoms with Gasteiger partial charge < -0.3 is 10.2 Å². The predicted octanol–water partition coefficient (Wildman–Crippen LogP) is 3.26. The van der Waals surface area contributed by atoms with Gasteiger partial charge in [0, 0.05) is 17.8 Å². The first-order valence-electron chi connectivity index (χ1n) is 7.94. The second-order valence-corrected chi connectivity index (χ2v) is 7.62. The van der Waals surface area contributed by atoms with E-state index in [4.69, 9.17) is 0 Å². The number of hydrogen-bond donors (Lipinski definition) is 2. The van der Waals surface area contributed by atoms with Gasteiger partial charge in [0.05, 0.1) is 34.7 Å². The van der Waals surface area contributed by atoms with Crippen molar-refractivity contribution in [3.8, 4) is 0 Å². The van der Waals surface area contributed by atoms with E-state index in [0.717, 1.165) is 27.0 Å². The van der Waals surface area contributed by atoms with Gasteiger partial charge in [-0.05, 0) is 39.7 Å². The largest absolute Gasteiger partial charge is 0.332 e. The first-order chi connectivity index (χ1) is 11.0. The number of aromatic amines is 1. The van der Waals surface area contributed by atoms with E-state index in [2.05, 4.69) is 26.6 Å². The minimum absolute atomic E-state index is 0.0521. The lowest BCUT2D eigenvalue weighted by Gasteiger charge is -2.24. The van der Waals surface area contributed by atoms with Crippen LogP contribution in [0.15, 0.2) is 6.07 Å². The van der Waals surface area contributed by atoms with E-state index in [1.807, 2.05) is 20.8 Å². The molecule has 0 bridgehead atoms. The van der Waals surface area contributed by atoms with Gasteiger partial charge in [0.1, 0.15) is 0 Å². The lowest BCUT2D eigenvalue weighted by molar-refractivity contribution is 0.193. The summed E-state index contributed by atoms with van der Waals surface area (Å²) in [7, 11) is 1.80. The summed E-state index contributed by atoms with van der Waals surface area (Å²) in [6, 6.07) is 1.89. The highest BCUT2D eigenvalue weighted by atomic mass is 32.1. The molecule has 0 spiro atoms. The molecule has 1 unspecified atom stereocenters. The zero-order chi connectivity index (χ0) is 16.6. The number of carbonyl (C=O) groups is 1. The summed E-state index contributed by atoms with van der Waals surface area (Å²) in [5, 5.41) is 11.3. The molecule has 0 aromatic carbocycles. The van der Waals surface area contributed by atoms with Crippen LogP contribution in [-0.2, 0) is 6.54 Å². The highest BCUT2D eigenvalue weighted by Gasteiger charge is 2.26. The number of aromatic nitrogens is 3. The normalized spacial score (nSPS) is 15.5. The van der Waals surface area contributed by atoms with Crippen molar-refractivity contribution in [3.05, 3.63) is 33.0 Å². The van der Waals surface area contributed by atoms with Gasteiger partial charge in [-0.1, -0.05) is 0 Å². The van der Waals surface area contributed by atoms with Crippen LogP contribution in [0, 0.1) is 13.8 Å². The Kier molecular flexibility index (Phi) is 4.39. The van der Waals surface area contributed by atoms with Crippen LogP contribution in [0.1, 0.15) is 58.7 Å². The molecule has 2 N–H and O–H groups in total. The number of amides is 2. The second kappa shape index (κ2) is 6.31. The summed E-state index contributed by atoms with van der Waals surface area (Å²) in [5.41, 5.74) is 3.04. The van der Waals surface area contributed by atoms with Crippen molar-refractivity contribution in [2.24, 2.45) is 0 Å². The van der Waals surface area contributed by atoms with Gasteiger partial charge in [-0.15, -0.1) is 11.3 Å². The lowest BCUT2D eigenvalue weighted by Crippen LogP contribution is -2.38. The van der Waals surface area contributed by atoms with Gasteiger partial charge in [-0.3, -0.25) is 5.10 Å². The van der Waals surface area contributed by atoms with E-state index in [1.54, 1.807) is 23.3 Å². The molecule has 2 aromatic rings. The summed E-state index contributed by atoms with van der Waals surface area (Å²) in [5.74, 6) is 0.620. The molecule has 1 atom stereocenters. The number of aryl methyl sites for hydroxylation is 2. The first kappa shape index (κ1) is 16.0. The Hall–Kier alpha value is -1.89. The Balaban J connectivity index is 1.57. The Morgan fingerprint density at radius 3 is 2.87 bits per heavy atom. The minimum atomic E-state index is -0.106. The third-order valence-corrected chi connectivity index (χ3v) is 5.21. The molecule has 6 nitrogen and oxygen atoms in total. The molecule has 1 aliphatic rings. The number of hydrogen-bond acceptors (Lipinski definition) is 4. The monoisotopic (exact) mass is 333 g/mol. The van der Waals surface area contributed by atoms with Crippen molar-refractivity contribution in [1.82, 2.24) is 25.4 Å². The van der Waals surface area contributed by atoms with E-state index in [-0.39, 0.29) is 12.1 Å². The number of thiazole rings is 1. The first-order valence-corrected chi connectivity index (χ1v) is 8.76. The number of H-pyrrole nitrogens is 1. The molecule has 7 heteroatoms. The maximum atomic E-state index is 12.4. The molecule has 0 saturated heterocycles. The minimum Gasteiger partial charge on any atom is -0.332 e. The Morgan fingerprint density at radius 1 is 1.52 bits per heavy atom.